The van der Waals surface area contributed by atoms with Crippen LogP contribution in [0.1, 0.15) is 0 Å². The van der Waals surface area contributed by atoms with Gasteiger partial charge in [-0.3, -0.25) is 4.99 Å². The standard InChI is InChI=1S/C52H36N4/c1-36-15-14-32-53-48-33-40(44-23-13-25-51-52(44)45-22-11-12-24-49(45)56(51)42-20-9-4-10-21-42)28-31-50(48)55(36)43-29-26-39(27-30-43)47-35-41(37-16-5-2-6-17-37)34-46(54-47)38-18-7-3-8-19-38/h2-35H,1H2/b15-14-,53-32?. The molecule has 10 rings (SSSR count). The third-order valence-electron chi connectivity index (χ3n) is 10.5. The molecule has 0 N–H and O–H groups in total. The van der Waals surface area contributed by atoms with E-state index in [1.807, 2.05) is 30.5 Å². The maximum Gasteiger partial charge on any atom is 0.0876 e. The summed E-state index contributed by atoms with van der Waals surface area (Å²) in [4.78, 5) is 12.3. The Labute approximate surface area is 326 Å². The van der Waals surface area contributed by atoms with Crippen molar-refractivity contribution in [3.63, 3.8) is 0 Å². The number of fused-ring (bicyclic) bond motifs is 4. The molecule has 1 aliphatic heterocycles. The smallest absolute Gasteiger partial charge is 0.0876 e. The molecule has 0 unspecified atom stereocenters. The quantitative estimate of drug-likeness (QED) is 0.172. The maximum atomic E-state index is 5.15. The average Bonchev–Trinajstić information content (AvgIpc) is 3.61. The Morgan fingerprint density at radius 3 is 1.84 bits per heavy atom. The lowest BCUT2D eigenvalue weighted by Crippen LogP contribution is -2.15. The lowest BCUT2D eigenvalue weighted by Gasteiger charge is -2.28. The van der Waals surface area contributed by atoms with Gasteiger partial charge in [0.2, 0.25) is 0 Å². The average molecular weight is 717 g/mol. The summed E-state index contributed by atoms with van der Waals surface area (Å²) in [6.45, 7) is 4.49. The highest BCUT2D eigenvalue weighted by Crippen LogP contribution is 2.44. The number of hydrogen-bond acceptors (Lipinski definition) is 3. The Balaban J connectivity index is 1.05. The minimum Gasteiger partial charge on any atom is -0.309 e. The molecule has 0 amide bonds. The van der Waals surface area contributed by atoms with Gasteiger partial charge in [0.15, 0.2) is 0 Å². The predicted molar refractivity (Wildman–Crippen MR) is 235 cm³/mol. The summed E-state index contributed by atoms with van der Waals surface area (Å²) < 4.78 is 2.36. The molecule has 9 aromatic rings. The number of para-hydroxylation sites is 2. The molecule has 56 heavy (non-hydrogen) atoms. The topological polar surface area (TPSA) is 33.4 Å². The van der Waals surface area contributed by atoms with E-state index < -0.39 is 0 Å². The Bertz CT molecular complexity index is 2900. The van der Waals surface area contributed by atoms with Crippen molar-refractivity contribution in [3.05, 3.63) is 212 Å². The van der Waals surface area contributed by atoms with Crippen molar-refractivity contribution in [1.29, 1.82) is 0 Å². The molecule has 0 radical (unpaired) electrons. The molecule has 0 saturated carbocycles. The summed E-state index contributed by atoms with van der Waals surface area (Å²) in [7, 11) is 0. The van der Waals surface area contributed by atoms with Crippen LogP contribution in [-0.2, 0) is 0 Å². The summed E-state index contributed by atoms with van der Waals surface area (Å²) in [5, 5.41) is 2.44. The highest BCUT2D eigenvalue weighted by molar-refractivity contribution is 6.16. The van der Waals surface area contributed by atoms with Crippen LogP contribution in [0.5, 0.6) is 0 Å². The lowest BCUT2D eigenvalue weighted by atomic mass is 9.98. The number of benzene rings is 7. The number of pyridine rings is 1. The van der Waals surface area contributed by atoms with Gasteiger partial charge in [0.25, 0.3) is 0 Å². The number of aliphatic imine (C=N–C) groups is 1. The number of anilines is 2. The molecular weight excluding hydrogens is 681 g/mol. The van der Waals surface area contributed by atoms with E-state index in [1.165, 1.54) is 27.4 Å². The zero-order chi connectivity index (χ0) is 37.4. The molecule has 0 spiro atoms. The highest BCUT2D eigenvalue weighted by Gasteiger charge is 2.20. The van der Waals surface area contributed by atoms with Gasteiger partial charge >= 0.3 is 0 Å². The third-order valence-corrected chi connectivity index (χ3v) is 10.5. The summed E-state index contributed by atoms with van der Waals surface area (Å²) in [6.07, 6.45) is 5.81. The molecule has 7 aromatic carbocycles. The zero-order valence-corrected chi connectivity index (χ0v) is 30.6. The van der Waals surface area contributed by atoms with Gasteiger partial charge < -0.3 is 9.47 Å². The van der Waals surface area contributed by atoms with Crippen molar-refractivity contribution < 1.29 is 0 Å². The van der Waals surface area contributed by atoms with Crippen molar-refractivity contribution in [2.45, 2.75) is 0 Å². The Morgan fingerprint density at radius 2 is 1.09 bits per heavy atom. The van der Waals surface area contributed by atoms with E-state index in [-0.39, 0.29) is 0 Å². The Hall–Kier alpha value is -7.56. The normalized spacial score (nSPS) is 13.1. The molecule has 0 saturated heterocycles. The van der Waals surface area contributed by atoms with Gasteiger partial charge in [-0.15, -0.1) is 0 Å². The summed E-state index contributed by atoms with van der Waals surface area (Å²) in [5.74, 6) is 0. The summed E-state index contributed by atoms with van der Waals surface area (Å²) in [5.41, 5.74) is 15.7. The largest absolute Gasteiger partial charge is 0.309 e. The van der Waals surface area contributed by atoms with Gasteiger partial charge in [-0.25, -0.2) is 4.98 Å². The number of rotatable bonds is 6. The molecule has 0 aliphatic carbocycles. The van der Waals surface area contributed by atoms with Crippen LogP contribution >= 0.6 is 0 Å². The van der Waals surface area contributed by atoms with Crippen LogP contribution < -0.4 is 4.90 Å². The van der Waals surface area contributed by atoms with Crippen molar-refractivity contribution in [3.8, 4) is 50.5 Å². The van der Waals surface area contributed by atoms with E-state index in [4.69, 9.17) is 9.98 Å². The second-order valence-electron chi connectivity index (χ2n) is 14.0. The SMILES string of the molecule is C=C1/C=C\C=Nc2cc(-c3cccc4c3c3ccccc3n4-c3ccccc3)ccc2N1c1ccc(-c2cc(-c3ccccc3)cc(-c3ccccc3)n2)cc1. The minimum atomic E-state index is 0.849. The molecular formula is C52H36N4. The van der Waals surface area contributed by atoms with Crippen LogP contribution in [0.4, 0.5) is 17.1 Å². The molecule has 1 aliphatic rings. The first-order chi connectivity index (χ1) is 27.7. The molecule has 3 heterocycles. The van der Waals surface area contributed by atoms with E-state index >= 15 is 0 Å². The van der Waals surface area contributed by atoms with Crippen molar-refractivity contribution in [2.75, 3.05) is 4.90 Å². The fraction of sp³-hybridized carbons (Fsp3) is 0. The molecule has 0 atom stereocenters. The predicted octanol–water partition coefficient (Wildman–Crippen LogP) is 13.8. The zero-order valence-electron chi connectivity index (χ0n) is 30.6. The number of nitrogens with zero attached hydrogens (tertiary/aromatic N) is 4. The van der Waals surface area contributed by atoms with Gasteiger partial charge in [-0.1, -0.05) is 134 Å². The number of hydrogen-bond donors (Lipinski definition) is 0. The monoisotopic (exact) mass is 716 g/mol. The first-order valence-electron chi connectivity index (χ1n) is 18.8. The lowest BCUT2D eigenvalue weighted by molar-refractivity contribution is 1.18. The molecule has 4 heteroatoms. The van der Waals surface area contributed by atoms with Gasteiger partial charge in [0, 0.05) is 45.2 Å². The first kappa shape index (κ1) is 33.0. The van der Waals surface area contributed by atoms with E-state index in [0.717, 1.165) is 67.7 Å². The summed E-state index contributed by atoms with van der Waals surface area (Å²) in [6, 6.07) is 66.2. The van der Waals surface area contributed by atoms with Crippen LogP contribution in [-0.4, -0.2) is 15.8 Å². The van der Waals surface area contributed by atoms with E-state index in [1.54, 1.807) is 0 Å². The van der Waals surface area contributed by atoms with Gasteiger partial charge in [0.1, 0.15) is 0 Å². The van der Waals surface area contributed by atoms with E-state index in [2.05, 4.69) is 192 Å². The first-order valence-corrected chi connectivity index (χ1v) is 18.8. The van der Waals surface area contributed by atoms with Crippen LogP contribution in [0.15, 0.2) is 217 Å². The fourth-order valence-electron chi connectivity index (χ4n) is 7.92. The minimum absolute atomic E-state index is 0.849. The van der Waals surface area contributed by atoms with Gasteiger partial charge in [0.05, 0.1) is 33.8 Å². The van der Waals surface area contributed by atoms with Crippen molar-refractivity contribution >= 4 is 45.1 Å². The molecule has 264 valence electrons. The summed E-state index contributed by atoms with van der Waals surface area (Å²) >= 11 is 0. The molecule has 2 aromatic heterocycles. The molecule has 4 nitrogen and oxygen atoms in total. The second-order valence-corrected chi connectivity index (χ2v) is 14.0. The van der Waals surface area contributed by atoms with Crippen LogP contribution in [0.3, 0.4) is 0 Å². The van der Waals surface area contributed by atoms with Crippen LogP contribution in [0.25, 0.3) is 72.3 Å². The molecule has 0 fully saturated rings. The van der Waals surface area contributed by atoms with Gasteiger partial charge in [-0.2, -0.15) is 0 Å². The number of aromatic nitrogens is 2. The number of allylic oxidation sites excluding steroid dienone is 2. The van der Waals surface area contributed by atoms with E-state index in [0.29, 0.717) is 0 Å². The highest BCUT2D eigenvalue weighted by atomic mass is 15.2. The molecule has 0 bridgehead atoms. The van der Waals surface area contributed by atoms with Crippen molar-refractivity contribution in [1.82, 2.24) is 9.55 Å². The van der Waals surface area contributed by atoms with Crippen LogP contribution in [0.2, 0.25) is 0 Å². The van der Waals surface area contributed by atoms with Crippen LogP contribution in [0, 0.1) is 0 Å². The second kappa shape index (κ2) is 14.0. The Kier molecular flexibility index (Phi) is 8.27. The maximum absolute atomic E-state index is 5.15. The van der Waals surface area contributed by atoms with E-state index in [9.17, 15) is 0 Å². The Morgan fingerprint density at radius 1 is 0.464 bits per heavy atom. The third kappa shape index (κ3) is 5.90. The van der Waals surface area contributed by atoms with Crippen molar-refractivity contribution in [2.24, 2.45) is 4.99 Å². The fourth-order valence-corrected chi connectivity index (χ4v) is 7.92. The van der Waals surface area contributed by atoms with Gasteiger partial charge in [-0.05, 0) is 95.1 Å².